The summed E-state index contributed by atoms with van der Waals surface area (Å²) in [6.07, 6.45) is 5.35. The Morgan fingerprint density at radius 3 is 2.14 bits per heavy atom. The number of carbonyl (C=O) groups excluding carboxylic acids is 1. The van der Waals surface area contributed by atoms with Gasteiger partial charge in [-0.3, -0.25) is 4.79 Å². The van der Waals surface area contributed by atoms with Crippen LogP contribution in [0.3, 0.4) is 0 Å². The molecule has 1 aliphatic rings. The van der Waals surface area contributed by atoms with Gasteiger partial charge in [-0.15, -0.1) is 0 Å². The van der Waals surface area contributed by atoms with Gasteiger partial charge in [0.25, 0.3) is 5.91 Å². The molecule has 1 amide bonds. The highest BCUT2D eigenvalue weighted by molar-refractivity contribution is 6.03. The minimum Gasteiger partial charge on any atom is -0.372 e. The Kier molecular flexibility index (Phi) is 5.70. The normalized spacial score (nSPS) is 13.8. The number of pyridine rings is 1. The molecule has 1 saturated heterocycles. The van der Waals surface area contributed by atoms with E-state index >= 15 is 0 Å². The standard InChI is InChI=1S/C23H23FN4O/c24-17-4-6-18(7-5-17)26-20-10-13-22(25-16-20)23(29)27-19-8-11-21(12-9-19)28-14-2-1-3-15-28/h4-13,16,26H,1-3,14-15H2,(H,27,29). The van der Waals surface area contributed by atoms with Gasteiger partial charge in [-0.1, -0.05) is 0 Å². The highest BCUT2D eigenvalue weighted by Gasteiger charge is 2.12. The number of piperidine rings is 1. The van der Waals surface area contributed by atoms with Crippen LogP contribution in [0.5, 0.6) is 0 Å². The molecule has 0 unspecified atom stereocenters. The van der Waals surface area contributed by atoms with Gasteiger partial charge in [-0.2, -0.15) is 0 Å². The monoisotopic (exact) mass is 390 g/mol. The van der Waals surface area contributed by atoms with Crippen molar-refractivity contribution in [1.82, 2.24) is 4.98 Å². The largest absolute Gasteiger partial charge is 0.372 e. The van der Waals surface area contributed by atoms with E-state index in [4.69, 9.17) is 0 Å². The number of halogens is 1. The zero-order valence-electron chi connectivity index (χ0n) is 16.1. The van der Waals surface area contributed by atoms with E-state index in [2.05, 4.69) is 20.5 Å². The summed E-state index contributed by atoms with van der Waals surface area (Å²) < 4.78 is 13.0. The molecule has 3 aromatic rings. The third kappa shape index (κ3) is 4.90. The van der Waals surface area contributed by atoms with Crippen molar-refractivity contribution in [2.45, 2.75) is 19.3 Å². The van der Waals surface area contributed by atoms with Gasteiger partial charge in [0.05, 0.1) is 11.9 Å². The van der Waals surface area contributed by atoms with E-state index < -0.39 is 0 Å². The third-order valence-electron chi connectivity index (χ3n) is 4.98. The van der Waals surface area contributed by atoms with Gasteiger partial charge < -0.3 is 15.5 Å². The molecule has 5 nitrogen and oxygen atoms in total. The molecule has 1 aromatic heterocycles. The second-order valence-corrected chi connectivity index (χ2v) is 7.11. The van der Waals surface area contributed by atoms with Crippen LogP contribution in [-0.4, -0.2) is 24.0 Å². The molecule has 2 N–H and O–H groups in total. The second-order valence-electron chi connectivity index (χ2n) is 7.11. The van der Waals surface area contributed by atoms with Gasteiger partial charge >= 0.3 is 0 Å². The summed E-state index contributed by atoms with van der Waals surface area (Å²) in [6, 6.07) is 17.4. The summed E-state index contributed by atoms with van der Waals surface area (Å²) in [4.78, 5) is 19.1. The van der Waals surface area contributed by atoms with E-state index in [0.717, 1.165) is 30.2 Å². The van der Waals surface area contributed by atoms with E-state index in [0.29, 0.717) is 5.69 Å². The minimum absolute atomic E-state index is 0.260. The Balaban J connectivity index is 1.36. The smallest absolute Gasteiger partial charge is 0.274 e. The maximum absolute atomic E-state index is 13.0. The zero-order valence-corrected chi connectivity index (χ0v) is 16.1. The van der Waals surface area contributed by atoms with Crippen molar-refractivity contribution in [3.05, 3.63) is 78.4 Å². The van der Waals surface area contributed by atoms with E-state index in [1.807, 2.05) is 24.3 Å². The van der Waals surface area contributed by atoms with Crippen LogP contribution in [0.25, 0.3) is 0 Å². The minimum atomic E-state index is -0.287. The van der Waals surface area contributed by atoms with Crippen LogP contribution in [-0.2, 0) is 0 Å². The Morgan fingerprint density at radius 1 is 0.828 bits per heavy atom. The van der Waals surface area contributed by atoms with Crippen molar-refractivity contribution in [1.29, 1.82) is 0 Å². The van der Waals surface area contributed by atoms with Crippen LogP contribution < -0.4 is 15.5 Å². The third-order valence-corrected chi connectivity index (χ3v) is 4.98. The van der Waals surface area contributed by atoms with Crippen molar-refractivity contribution in [3.8, 4) is 0 Å². The van der Waals surface area contributed by atoms with Crippen LogP contribution in [0.2, 0.25) is 0 Å². The Morgan fingerprint density at radius 2 is 1.48 bits per heavy atom. The number of anilines is 4. The van der Waals surface area contributed by atoms with Gasteiger partial charge in [0.2, 0.25) is 0 Å². The Labute approximate surface area is 169 Å². The molecule has 1 fully saturated rings. The maximum atomic E-state index is 13.0. The molecule has 6 heteroatoms. The number of hydrogen-bond acceptors (Lipinski definition) is 4. The Hall–Kier alpha value is -3.41. The van der Waals surface area contributed by atoms with Crippen molar-refractivity contribution in [2.75, 3.05) is 28.6 Å². The van der Waals surface area contributed by atoms with Crippen LogP contribution in [0, 0.1) is 5.82 Å². The molecule has 4 rings (SSSR count). The lowest BCUT2D eigenvalue weighted by atomic mass is 10.1. The number of amides is 1. The van der Waals surface area contributed by atoms with Crippen LogP contribution in [0.15, 0.2) is 66.9 Å². The zero-order chi connectivity index (χ0) is 20.1. The fourth-order valence-electron chi connectivity index (χ4n) is 3.40. The van der Waals surface area contributed by atoms with Crippen LogP contribution >= 0.6 is 0 Å². The van der Waals surface area contributed by atoms with E-state index in [1.165, 1.54) is 37.1 Å². The van der Waals surface area contributed by atoms with Gasteiger partial charge in [0, 0.05) is 30.2 Å². The Bertz CT molecular complexity index is 950. The second kappa shape index (κ2) is 8.73. The van der Waals surface area contributed by atoms with Crippen molar-refractivity contribution >= 4 is 28.7 Å². The number of carbonyl (C=O) groups is 1. The first-order chi connectivity index (χ1) is 14.2. The quantitative estimate of drug-likeness (QED) is 0.628. The molecule has 0 radical (unpaired) electrons. The van der Waals surface area contributed by atoms with Crippen molar-refractivity contribution in [2.24, 2.45) is 0 Å². The average Bonchev–Trinajstić information content (AvgIpc) is 2.77. The SMILES string of the molecule is O=C(Nc1ccc(N2CCCCC2)cc1)c1ccc(Nc2ccc(F)cc2)cn1. The first-order valence-electron chi connectivity index (χ1n) is 9.82. The maximum Gasteiger partial charge on any atom is 0.274 e. The molecule has 0 atom stereocenters. The summed E-state index contributed by atoms with van der Waals surface area (Å²) in [5, 5.41) is 6.00. The van der Waals surface area contributed by atoms with Gasteiger partial charge in [0.1, 0.15) is 11.5 Å². The van der Waals surface area contributed by atoms with E-state index in [9.17, 15) is 9.18 Å². The summed E-state index contributed by atoms with van der Waals surface area (Å²) in [5.41, 5.74) is 3.73. The number of rotatable bonds is 5. The molecule has 148 valence electrons. The number of aromatic nitrogens is 1. The molecule has 2 aromatic carbocycles. The molecular formula is C23H23FN4O. The van der Waals surface area contributed by atoms with E-state index in [-0.39, 0.29) is 11.7 Å². The molecule has 0 aliphatic carbocycles. The number of hydrogen-bond donors (Lipinski definition) is 2. The topological polar surface area (TPSA) is 57.3 Å². The van der Waals surface area contributed by atoms with Gasteiger partial charge in [-0.25, -0.2) is 9.37 Å². The predicted molar refractivity (Wildman–Crippen MR) is 114 cm³/mol. The summed E-state index contributed by atoms with van der Waals surface area (Å²) in [6.45, 7) is 2.18. The molecular weight excluding hydrogens is 367 g/mol. The molecule has 0 spiro atoms. The molecule has 0 saturated carbocycles. The summed E-state index contributed by atoms with van der Waals surface area (Å²) in [7, 11) is 0. The molecule has 1 aliphatic heterocycles. The van der Waals surface area contributed by atoms with E-state index in [1.54, 1.807) is 30.5 Å². The number of nitrogens with one attached hydrogen (secondary N) is 2. The number of benzene rings is 2. The summed E-state index contributed by atoms with van der Waals surface area (Å²) in [5.74, 6) is -0.547. The summed E-state index contributed by atoms with van der Waals surface area (Å²) >= 11 is 0. The lowest BCUT2D eigenvalue weighted by Crippen LogP contribution is -2.29. The first kappa shape index (κ1) is 18.9. The number of nitrogens with zero attached hydrogens (tertiary/aromatic N) is 2. The lowest BCUT2D eigenvalue weighted by Gasteiger charge is -2.28. The van der Waals surface area contributed by atoms with Crippen LogP contribution in [0.1, 0.15) is 29.8 Å². The van der Waals surface area contributed by atoms with Crippen molar-refractivity contribution in [3.63, 3.8) is 0 Å². The van der Waals surface area contributed by atoms with Crippen molar-refractivity contribution < 1.29 is 9.18 Å². The molecule has 29 heavy (non-hydrogen) atoms. The fraction of sp³-hybridized carbons (Fsp3) is 0.217. The highest BCUT2D eigenvalue weighted by Crippen LogP contribution is 2.22. The van der Waals surface area contributed by atoms with Gasteiger partial charge in [-0.05, 0) is 79.9 Å². The first-order valence-corrected chi connectivity index (χ1v) is 9.82. The molecule has 0 bridgehead atoms. The lowest BCUT2D eigenvalue weighted by molar-refractivity contribution is 0.102. The molecule has 2 heterocycles. The highest BCUT2D eigenvalue weighted by atomic mass is 19.1. The van der Waals surface area contributed by atoms with Gasteiger partial charge in [0.15, 0.2) is 0 Å². The fourth-order valence-corrected chi connectivity index (χ4v) is 3.40. The van der Waals surface area contributed by atoms with Crippen LogP contribution in [0.4, 0.5) is 27.1 Å². The predicted octanol–water partition coefficient (Wildman–Crippen LogP) is 5.21. The average molecular weight is 390 g/mol.